The van der Waals surface area contributed by atoms with Crippen molar-refractivity contribution in [1.29, 1.82) is 0 Å². The van der Waals surface area contributed by atoms with Gasteiger partial charge in [0.1, 0.15) is 0 Å². The van der Waals surface area contributed by atoms with Crippen molar-refractivity contribution in [3.63, 3.8) is 0 Å². The summed E-state index contributed by atoms with van der Waals surface area (Å²) in [6, 6.07) is 0. The van der Waals surface area contributed by atoms with Gasteiger partial charge in [-0.15, -0.1) is 0 Å². The molecule has 0 N–H and O–H groups in total. The molecule has 0 aromatic rings. The van der Waals surface area contributed by atoms with Crippen molar-refractivity contribution in [3.05, 3.63) is 11.6 Å². The lowest BCUT2D eigenvalue weighted by atomic mass is 9.51. The van der Waals surface area contributed by atoms with Gasteiger partial charge in [0.25, 0.3) is 0 Å². The minimum Gasteiger partial charge on any atom is -0.366 e. The molecule has 2 heteroatoms. The Morgan fingerprint density at radius 1 is 1.29 bits per heavy atom. The van der Waals surface area contributed by atoms with Crippen LogP contribution in [0.15, 0.2) is 11.6 Å². The lowest BCUT2D eigenvalue weighted by Gasteiger charge is -2.55. The molecule has 3 aliphatic rings. The van der Waals surface area contributed by atoms with E-state index in [0.717, 1.165) is 0 Å². The number of hydrogen-bond acceptors (Lipinski definition) is 1. The Morgan fingerprint density at radius 3 is 2.65 bits per heavy atom. The van der Waals surface area contributed by atoms with Gasteiger partial charge < -0.3 is 4.74 Å². The molecule has 2 aliphatic carbocycles. The molecule has 0 aromatic carbocycles. The molecule has 0 amide bonds. The van der Waals surface area contributed by atoms with Crippen LogP contribution in [0.1, 0.15) is 53.4 Å². The highest BCUT2D eigenvalue weighted by molar-refractivity contribution is 9.09. The van der Waals surface area contributed by atoms with E-state index in [1.165, 1.54) is 25.7 Å². The van der Waals surface area contributed by atoms with Crippen LogP contribution in [0.3, 0.4) is 0 Å². The molecular weight excluding hydrogens is 276 g/mol. The molecule has 0 bridgehead atoms. The smallest absolute Gasteiger partial charge is 0.0921 e. The molecular formula is C15H23BrO. The average molecular weight is 299 g/mol. The molecule has 1 saturated carbocycles. The van der Waals surface area contributed by atoms with E-state index in [1.54, 1.807) is 5.57 Å². The summed E-state index contributed by atoms with van der Waals surface area (Å²) in [6.07, 6.45) is 7.88. The third kappa shape index (κ3) is 1.46. The monoisotopic (exact) mass is 298 g/mol. The number of hydrogen-bond donors (Lipinski definition) is 0. The summed E-state index contributed by atoms with van der Waals surface area (Å²) in [5.41, 5.74) is 2.52. The first kappa shape index (κ1) is 12.2. The second-order valence-corrected chi connectivity index (χ2v) is 8.12. The van der Waals surface area contributed by atoms with Crippen LogP contribution < -0.4 is 0 Å². The number of alkyl halides is 1. The molecule has 1 heterocycles. The Morgan fingerprint density at radius 2 is 2.00 bits per heavy atom. The average Bonchev–Trinajstić information content (AvgIpc) is 2.93. The normalized spacial score (nSPS) is 51.9. The summed E-state index contributed by atoms with van der Waals surface area (Å²) in [5, 5.41) is 0. The van der Waals surface area contributed by atoms with Crippen LogP contribution in [0.4, 0.5) is 0 Å². The van der Waals surface area contributed by atoms with Gasteiger partial charge in [0.15, 0.2) is 0 Å². The number of fused-ring (bicyclic) bond motifs is 1. The van der Waals surface area contributed by atoms with Gasteiger partial charge in [0, 0.05) is 4.83 Å². The fourth-order valence-corrected chi connectivity index (χ4v) is 4.80. The third-order valence-electron chi connectivity index (χ3n) is 6.02. The fourth-order valence-electron chi connectivity index (χ4n) is 4.17. The lowest BCUT2D eigenvalue weighted by Crippen LogP contribution is -2.50. The number of rotatable bonds is 0. The number of halogens is 1. The van der Waals surface area contributed by atoms with Gasteiger partial charge in [-0.2, -0.15) is 0 Å². The molecule has 1 saturated heterocycles. The minimum absolute atomic E-state index is 0.223. The second kappa shape index (κ2) is 3.39. The maximum Gasteiger partial charge on any atom is 0.0921 e. The summed E-state index contributed by atoms with van der Waals surface area (Å²) < 4.78 is 5.93. The number of ether oxygens (including phenoxy) is 1. The molecule has 0 aromatic heterocycles. The molecule has 1 aliphatic heterocycles. The van der Waals surface area contributed by atoms with E-state index >= 15 is 0 Å². The SMILES string of the molecule is CC1=CC[C@@H](Br)C(C)(C)[C@]12CC[C@@]1(C)O[C@H]1C2. The van der Waals surface area contributed by atoms with E-state index < -0.39 is 0 Å². The van der Waals surface area contributed by atoms with Crippen molar-refractivity contribution >= 4 is 15.9 Å². The van der Waals surface area contributed by atoms with Crippen LogP contribution in [0, 0.1) is 10.8 Å². The van der Waals surface area contributed by atoms with E-state index in [-0.39, 0.29) is 5.60 Å². The fraction of sp³-hybridized carbons (Fsp3) is 0.867. The van der Waals surface area contributed by atoms with Crippen LogP contribution in [0.5, 0.6) is 0 Å². The van der Waals surface area contributed by atoms with Crippen LogP contribution in [0.2, 0.25) is 0 Å². The maximum atomic E-state index is 5.93. The zero-order valence-electron chi connectivity index (χ0n) is 11.3. The van der Waals surface area contributed by atoms with Gasteiger partial charge in [-0.25, -0.2) is 0 Å². The zero-order chi connectivity index (χ0) is 12.5. The van der Waals surface area contributed by atoms with E-state index in [0.29, 0.717) is 21.8 Å². The lowest BCUT2D eigenvalue weighted by molar-refractivity contribution is 0.0558. The van der Waals surface area contributed by atoms with E-state index in [9.17, 15) is 0 Å². The quantitative estimate of drug-likeness (QED) is 0.366. The van der Waals surface area contributed by atoms with Crippen molar-refractivity contribution in [2.24, 2.45) is 10.8 Å². The van der Waals surface area contributed by atoms with Gasteiger partial charge in [-0.3, -0.25) is 0 Å². The van der Waals surface area contributed by atoms with Crippen LogP contribution >= 0.6 is 15.9 Å². The van der Waals surface area contributed by atoms with Crippen LogP contribution in [0.25, 0.3) is 0 Å². The minimum atomic E-state index is 0.223. The van der Waals surface area contributed by atoms with Crippen molar-refractivity contribution in [1.82, 2.24) is 0 Å². The first-order chi connectivity index (χ1) is 7.82. The molecule has 4 atom stereocenters. The third-order valence-corrected chi connectivity index (χ3v) is 7.54. The molecule has 1 nitrogen and oxygen atoms in total. The first-order valence-electron chi connectivity index (χ1n) is 6.81. The molecule has 3 rings (SSSR count). The highest BCUT2D eigenvalue weighted by Gasteiger charge is 2.64. The van der Waals surface area contributed by atoms with Gasteiger partial charge in [-0.05, 0) is 50.4 Å². The van der Waals surface area contributed by atoms with E-state index in [1.807, 2.05) is 0 Å². The van der Waals surface area contributed by atoms with E-state index in [2.05, 4.69) is 49.7 Å². The number of epoxide rings is 1. The Bertz CT molecular complexity index is 386. The molecule has 0 unspecified atom stereocenters. The Balaban J connectivity index is 1.99. The van der Waals surface area contributed by atoms with E-state index in [4.69, 9.17) is 4.74 Å². The van der Waals surface area contributed by atoms with Crippen molar-refractivity contribution < 1.29 is 4.74 Å². The van der Waals surface area contributed by atoms with Gasteiger partial charge >= 0.3 is 0 Å². The van der Waals surface area contributed by atoms with Crippen molar-refractivity contribution in [3.8, 4) is 0 Å². The van der Waals surface area contributed by atoms with Crippen molar-refractivity contribution in [2.75, 3.05) is 0 Å². The van der Waals surface area contributed by atoms with Gasteiger partial charge in [0.05, 0.1) is 11.7 Å². The summed E-state index contributed by atoms with van der Waals surface area (Å²) in [5.74, 6) is 0. The topological polar surface area (TPSA) is 12.5 Å². The Labute approximate surface area is 113 Å². The largest absolute Gasteiger partial charge is 0.366 e. The Kier molecular flexibility index (Phi) is 2.44. The zero-order valence-corrected chi connectivity index (χ0v) is 12.9. The second-order valence-electron chi connectivity index (χ2n) is 7.02. The van der Waals surface area contributed by atoms with Crippen molar-refractivity contribution in [2.45, 2.75) is 69.9 Å². The summed E-state index contributed by atoms with van der Waals surface area (Å²) in [4.78, 5) is 0.599. The number of allylic oxidation sites excluding steroid dienone is 2. The standard InChI is InChI=1S/C15H23BrO/c1-10-5-6-11(16)13(2,3)15(10)8-7-14(4)12(9-15)17-14/h5,11-12H,6-9H2,1-4H3/t11-,12+,14-,15+/m1/s1. The maximum absolute atomic E-state index is 5.93. The summed E-state index contributed by atoms with van der Waals surface area (Å²) in [6.45, 7) is 9.50. The van der Waals surface area contributed by atoms with Crippen LogP contribution in [-0.4, -0.2) is 16.5 Å². The van der Waals surface area contributed by atoms with Crippen LogP contribution in [-0.2, 0) is 4.74 Å². The van der Waals surface area contributed by atoms with Gasteiger partial charge in [-0.1, -0.05) is 41.4 Å². The molecule has 0 radical (unpaired) electrons. The highest BCUT2D eigenvalue weighted by Crippen LogP contribution is 2.65. The predicted octanol–water partition coefficient (Wildman–Crippen LogP) is 4.45. The highest BCUT2D eigenvalue weighted by atomic mass is 79.9. The summed E-state index contributed by atoms with van der Waals surface area (Å²) in [7, 11) is 0. The summed E-state index contributed by atoms with van der Waals surface area (Å²) >= 11 is 3.91. The predicted molar refractivity (Wildman–Crippen MR) is 74.4 cm³/mol. The molecule has 17 heavy (non-hydrogen) atoms. The van der Waals surface area contributed by atoms with Gasteiger partial charge in [0.2, 0.25) is 0 Å². The molecule has 2 fully saturated rings. The molecule has 96 valence electrons. The first-order valence-corrected chi connectivity index (χ1v) is 7.73. The molecule has 1 spiro atoms. The Hall–Kier alpha value is 0.180.